The average Bonchev–Trinajstić information content (AvgIpc) is 2.98. The molecule has 4 rings (SSSR count). The van der Waals surface area contributed by atoms with Crippen molar-refractivity contribution in [3.05, 3.63) is 70.8 Å². The standard InChI is InChI=1S/C19H16N4O/c1-12-15-10-14(8-9-16(15)22-21-12)17-11-18(23(2)19(24)20-17)13-6-4-3-5-7-13/h3-11H,1-2H3,(H,21,22). The summed E-state index contributed by atoms with van der Waals surface area (Å²) in [6.07, 6.45) is 0. The van der Waals surface area contributed by atoms with Gasteiger partial charge in [-0.15, -0.1) is 0 Å². The predicted octanol–water partition coefficient (Wildman–Crippen LogP) is 3.30. The maximum atomic E-state index is 12.3. The molecule has 0 aliphatic carbocycles. The van der Waals surface area contributed by atoms with Crippen molar-refractivity contribution in [2.75, 3.05) is 0 Å². The molecular weight excluding hydrogens is 300 g/mol. The first-order chi connectivity index (χ1) is 11.6. The number of hydrogen-bond acceptors (Lipinski definition) is 3. The zero-order valence-electron chi connectivity index (χ0n) is 13.4. The average molecular weight is 316 g/mol. The third kappa shape index (κ3) is 2.31. The second kappa shape index (κ2) is 5.45. The number of benzene rings is 2. The number of aromatic nitrogens is 4. The highest BCUT2D eigenvalue weighted by atomic mass is 16.1. The Hall–Kier alpha value is -3.21. The minimum Gasteiger partial charge on any atom is -0.295 e. The van der Waals surface area contributed by atoms with Crippen LogP contribution in [-0.4, -0.2) is 19.7 Å². The van der Waals surface area contributed by atoms with Crippen molar-refractivity contribution >= 4 is 10.9 Å². The van der Waals surface area contributed by atoms with Gasteiger partial charge in [0, 0.05) is 23.7 Å². The second-order valence-electron chi connectivity index (χ2n) is 5.81. The highest BCUT2D eigenvalue weighted by molar-refractivity contribution is 5.86. The third-order valence-electron chi connectivity index (χ3n) is 4.25. The summed E-state index contributed by atoms with van der Waals surface area (Å²) in [4.78, 5) is 16.5. The molecule has 0 amide bonds. The van der Waals surface area contributed by atoms with E-state index in [4.69, 9.17) is 0 Å². The number of aryl methyl sites for hydroxylation is 1. The zero-order valence-corrected chi connectivity index (χ0v) is 13.4. The van der Waals surface area contributed by atoms with Crippen LogP contribution in [-0.2, 0) is 7.05 Å². The fourth-order valence-electron chi connectivity index (χ4n) is 2.87. The van der Waals surface area contributed by atoms with Gasteiger partial charge in [-0.1, -0.05) is 36.4 Å². The maximum Gasteiger partial charge on any atom is 0.348 e. The molecule has 0 spiro atoms. The molecule has 118 valence electrons. The molecular formula is C19H16N4O. The number of nitrogens with one attached hydrogen (secondary N) is 1. The Bertz CT molecular complexity index is 1090. The van der Waals surface area contributed by atoms with Crippen LogP contribution in [0.25, 0.3) is 33.4 Å². The molecule has 1 N–H and O–H groups in total. The van der Waals surface area contributed by atoms with Gasteiger partial charge in [0.15, 0.2) is 0 Å². The van der Waals surface area contributed by atoms with Gasteiger partial charge >= 0.3 is 5.69 Å². The van der Waals surface area contributed by atoms with Crippen LogP contribution in [0.3, 0.4) is 0 Å². The van der Waals surface area contributed by atoms with Gasteiger partial charge in [-0.05, 0) is 30.7 Å². The molecule has 4 aromatic rings. The van der Waals surface area contributed by atoms with Crippen LogP contribution in [0.1, 0.15) is 5.69 Å². The summed E-state index contributed by atoms with van der Waals surface area (Å²) >= 11 is 0. The van der Waals surface area contributed by atoms with Crippen molar-refractivity contribution < 1.29 is 0 Å². The summed E-state index contributed by atoms with van der Waals surface area (Å²) in [6.45, 7) is 1.98. The molecule has 0 bridgehead atoms. The summed E-state index contributed by atoms with van der Waals surface area (Å²) in [5, 5.41) is 8.25. The number of nitrogens with zero attached hydrogens (tertiary/aromatic N) is 3. The van der Waals surface area contributed by atoms with E-state index in [1.54, 1.807) is 11.6 Å². The number of fused-ring (bicyclic) bond motifs is 1. The molecule has 0 aliphatic heterocycles. The van der Waals surface area contributed by atoms with Gasteiger partial charge in [0.05, 0.1) is 16.9 Å². The lowest BCUT2D eigenvalue weighted by atomic mass is 10.1. The van der Waals surface area contributed by atoms with Crippen molar-refractivity contribution in [2.45, 2.75) is 6.92 Å². The summed E-state index contributed by atoms with van der Waals surface area (Å²) in [5.74, 6) is 0. The van der Waals surface area contributed by atoms with Crippen molar-refractivity contribution in [3.63, 3.8) is 0 Å². The Kier molecular flexibility index (Phi) is 3.27. The van der Waals surface area contributed by atoms with Crippen LogP contribution in [0.5, 0.6) is 0 Å². The monoisotopic (exact) mass is 316 g/mol. The Morgan fingerprint density at radius 3 is 2.58 bits per heavy atom. The molecule has 0 saturated heterocycles. The van der Waals surface area contributed by atoms with Crippen LogP contribution in [0.2, 0.25) is 0 Å². The van der Waals surface area contributed by atoms with E-state index in [-0.39, 0.29) is 5.69 Å². The second-order valence-corrected chi connectivity index (χ2v) is 5.81. The van der Waals surface area contributed by atoms with Gasteiger partial charge in [0.2, 0.25) is 0 Å². The molecule has 0 saturated carbocycles. The summed E-state index contributed by atoms with van der Waals surface area (Å²) in [7, 11) is 1.74. The smallest absolute Gasteiger partial charge is 0.295 e. The third-order valence-corrected chi connectivity index (χ3v) is 4.25. The summed E-state index contributed by atoms with van der Waals surface area (Å²) < 4.78 is 1.57. The van der Waals surface area contributed by atoms with Crippen LogP contribution in [0, 0.1) is 6.92 Å². The lowest BCUT2D eigenvalue weighted by Crippen LogP contribution is -2.21. The highest BCUT2D eigenvalue weighted by Crippen LogP contribution is 2.26. The first kappa shape index (κ1) is 14.4. The van der Waals surface area contributed by atoms with Gasteiger partial charge in [0.25, 0.3) is 0 Å². The summed E-state index contributed by atoms with van der Waals surface area (Å²) in [6, 6.07) is 17.7. The molecule has 2 aromatic heterocycles. The van der Waals surface area contributed by atoms with E-state index in [0.29, 0.717) is 5.69 Å². The first-order valence-electron chi connectivity index (χ1n) is 7.72. The van der Waals surface area contributed by atoms with Crippen molar-refractivity contribution in [2.24, 2.45) is 7.05 Å². The Balaban J connectivity index is 1.93. The fraction of sp³-hybridized carbons (Fsp3) is 0.105. The molecule has 5 nitrogen and oxygen atoms in total. The largest absolute Gasteiger partial charge is 0.348 e. The Morgan fingerprint density at radius 1 is 1.00 bits per heavy atom. The van der Waals surface area contributed by atoms with Gasteiger partial charge in [0.1, 0.15) is 0 Å². The maximum absolute atomic E-state index is 12.3. The van der Waals surface area contributed by atoms with E-state index in [9.17, 15) is 4.79 Å². The highest BCUT2D eigenvalue weighted by Gasteiger charge is 2.10. The lowest BCUT2D eigenvalue weighted by molar-refractivity contribution is 0.822. The van der Waals surface area contributed by atoms with Gasteiger partial charge in [-0.2, -0.15) is 10.1 Å². The first-order valence-corrected chi connectivity index (χ1v) is 7.72. The van der Waals surface area contributed by atoms with Crippen LogP contribution in [0.15, 0.2) is 59.4 Å². The normalized spacial score (nSPS) is 11.1. The Labute approximate surface area is 138 Å². The molecule has 0 aliphatic rings. The van der Waals surface area contributed by atoms with E-state index >= 15 is 0 Å². The summed E-state index contributed by atoms with van der Waals surface area (Å²) in [5.41, 5.74) is 5.04. The van der Waals surface area contributed by atoms with Gasteiger partial charge < -0.3 is 0 Å². The Morgan fingerprint density at radius 2 is 1.79 bits per heavy atom. The number of rotatable bonds is 2. The lowest BCUT2D eigenvalue weighted by Gasteiger charge is -2.10. The SMILES string of the molecule is Cc1[nH]nc2ccc(-c3cc(-c4ccccc4)n(C)c(=O)n3)cc12. The van der Waals surface area contributed by atoms with Crippen molar-refractivity contribution in [1.29, 1.82) is 0 Å². The number of H-pyrrole nitrogens is 1. The van der Waals surface area contributed by atoms with Crippen LogP contribution in [0.4, 0.5) is 0 Å². The molecule has 0 fully saturated rings. The molecule has 2 aromatic carbocycles. The molecule has 0 radical (unpaired) electrons. The topological polar surface area (TPSA) is 63.6 Å². The van der Waals surface area contributed by atoms with E-state index in [0.717, 1.165) is 33.4 Å². The fourth-order valence-corrected chi connectivity index (χ4v) is 2.87. The van der Waals surface area contributed by atoms with Gasteiger partial charge in [-0.3, -0.25) is 9.67 Å². The molecule has 0 atom stereocenters. The van der Waals surface area contributed by atoms with Crippen molar-refractivity contribution in [3.8, 4) is 22.5 Å². The van der Waals surface area contributed by atoms with Gasteiger partial charge in [-0.25, -0.2) is 4.79 Å². The quantitative estimate of drug-likeness (QED) is 0.617. The predicted molar refractivity (Wildman–Crippen MR) is 94.7 cm³/mol. The van der Waals surface area contributed by atoms with Crippen LogP contribution < -0.4 is 5.69 Å². The van der Waals surface area contributed by atoms with Crippen LogP contribution >= 0.6 is 0 Å². The minimum atomic E-state index is -0.268. The van der Waals surface area contributed by atoms with E-state index in [1.807, 2.05) is 61.5 Å². The molecule has 24 heavy (non-hydrogen) atoms. The number of hydrogen-bond donors (Lipinski definition) is 1. The molecule has 5 heteroatoms. The molecule has 0 unspecified atom stereocenters. The van der Waals surface area contributed by atoms with Crippen molar-refractivity contribution in [1.82, 2.24) is 19.7 Å². The minimum absolute atomic E-state index is 0.268. The van der Waals surface area contributed by atoms with E-state index in [2.05, 4.69) is 15.2 Å². The van der Waals surface area contributed by atoms with E-state index in [1.165, 1.54) is 0 Å². The number of aromatic amines is 1. The molecule has 2 heterocycles. The van der Waals surface area contributed by atoms with E-state index < -0.39 is 0 Å². The zero-order chi connectivity index (χ0) is 16.7.